The molecule has 1 heterocycles. The summed E-state index contributed by atoms with van der Waals surface area (Å²) in [4.78, 5) is 58.5. The van der Waals surface area contributed by atoms with Crippen LogP contribution in [-0.2, 0) is 20.8 Å². The molecule has 264 valence electrons. The summed E-state index contributed by atoms with van der Waals surface area (Å²) in [6.07, 6.45) is 1.58. The van der Waals surface area contributed by atoms with Crippen LogP contribution in [0.5, 0.6) is 5.75 Å². The van der Waals surface area contributed by atoms with Crippen LogP contribution in [0.15, 0.2) is 109 Å². The lowest BCUT2D eigenvalue weighted by Crippen LogP contribution is -2.75. The van der Waals surface area contributed by atoms with Gasteiger partial charge in [0.15, 0.2) is 11.9 Å². The van der Waals surface area contributed by atoms with Crippen LogP contribution in [-0.4, -0.2) is 66.2 Å². The summed E-state index contributed by atoms with van der Waals surface area (Å²) in [5.41, 5.74) is 8.27. The molecule has 0 saturated heterocycles. The van der Waals surface area contributed by atoms with E-state index in [0.29, 0.717) is 46.8 Å². The van der Waals surface area contributed by atoms with E-state index in [4.69, 9.17) is 10.5 Å². The molecule has 5 rings (SSSR count). The number of ether oxygens (including phenoxy) is 1. The Hall–Kier alpha value is -5.81. The molecule has 11 heteroatoms. The minimum Gasteiger partial charge on any atom is -0.481 e. The highest BCUT2D eigenvalue weighted by Crippen LogP contribution is 2.37. The van der Waals surface area contributed by atoms with Crippen LogP contribution in [0.25, 0.3) is 0 Å². The van der Waals surface area contributed by atoms with E-state index in [-0.39, 0.29) is 24.6 Å². The summed E-state index contributed by atoms with van der Waals surface area (Å²) in [7, 11) is 0. The Kier molecular flexibility index (Phi) is 12.7. The number of aliphatic hydroxyl groups excluding tert-OH is 1. The molecule has 3 atom stereocenters. The summed E-state index contributed by atoms with van der Waals surface area (Å²) in [6.45, 7) is 2.45. The second kappa shape index (κ2) is 17.7. The van der Waals surface area contributed by atoms with E-state index in [1.165, 1.54) is 11.8 Å². The monoisotopic (exact) mass is 690 g/mol. The highest BCUT2D eigenvalue weighted by atomic mass is 16.5. The Labute approximate surface area is 297 Å². The number of amides is 3. The zero-order valence-corrected chi connectivity index (χ0v) is 28.6. The second-order valence-corrected chi connectivity index (χ2v) is 12.4. The molecular formula is C40H44N5O6+. The van der Waals surface area contributed by atoms with Crippen molar-refractivity contribution < 1.29 is 34.0 Å². The van der Waals surface area contributed by atoms with Crippen molar-refractivity contribution in [3.63, 3.8) is 0 Å². The van der Waals surface area contributed by atoms with Gasteiger partial charge in [0.05, 0.1) is 12.1 Å². The number of rotatable bonds is 15. The van der Waals surface area contributed by atoms with E-state index in [9.17, 15) is 24.3 Å². The first kappa shape index (κ1) is 36.5. The maximum Gasteiger partial charge on any atom is 0.352 e. The quantitative estimate of drug-likeness (QED) is 0.0554. The van der Waals surface area contributed by atoms with Crippen LogP contribution in [0.2, 0.25) is 0 Å². The van der Waals surface area contributed by atoms with Gasteiger partial charge in [0.25, 0.3) is 5.91 Å². The Balaban J connectivity index is 1.32. The molecule has 0 aromatic heterocycles. The molecule has 0 bridgehead atoms. The van der Waals surface area contributed by atoms with E-state index in [2.05, 4.69) is 15.6 Å². The Bertz CT molecular complexity index is 1850. The average molecular weight is 691 g/mol. The first-order valence-corrected chi connectivity index (χ1v) is 17.1. The number of nitrogens with one attached hydrogen (secondary N) is 3. The summed E-state index contributed by atoms with van der Waals surface area (Å²) < 4.78 is 6.45. The SMILES string of the molecule is C[C@H](NC(=O)Cc1cccc(C(=O)c2ccccc2)c1)C(=O)N[C@@H]1C(=O)N(CC(O)=[NH+]CCCCCN)c2ccccc2O[C@@H]1c1ccccc1. The topological polar surface area (TPSA) is 165 Å². The predicted molar refractivity (Wildman–Crippen MR) is 195 cm³/mol. The number of ketones is 1. The first-order valence-electron chi connectivity index (χ1n) is 17.1. The van der Waals surface area contributed by atoms with Crippen LogP contribution in [0.4, 0.5) is 5.69 Å². The molecule has 6 N–H and O–H groups in total. The standard InChI is InChI=1S/C40H43N5O6/c1-27(43-34(46)25-28-14-13-19-31(24-28)37(48)29-15-5-2-6-16-29)39(49)44-36-38(30-17-7-3-8-18-30)51-33-21-10-9-20-32(33)45(40(36)50)26-35(47)42-23-12-4-11-22-41/h2-3,5-10,13-21,24,27,36,38H,4,11-12,22-23,25-26,41H2,1H3,(H,42,47)(H,43,46)(H,44,49)/p+1/t27-,36-,38+/m0/s1. The molecule has 1 aliphatic rings. The van der Waals surface area contributed by atoms with Crippen molar-refractivity contribution in [2.75, 3.05) is 24.5 Å². The molecule has 0 spiro atoms. The van der Waals surface area contributed by atoms with Crippen molar-refractivity contribution >= 4 is 35.1 Å². The van der Waals surface area contributed by atoms with Crippen LogP contribution in [0.3, 0.4) is 0 Å². The molecular weight excluding hydrogens is 646 g/mol. The summed E-state index contributed by atoms with van der Waals surface area (Å²) in [5.74, 6) is -1.40. The fourth-order valence-corrected chi connectivity index (χ4v) is 5.89. The van der Waals surface area contributed by atoms with Gasteiger partial charge in [0.2, 0.25) is 11.8 Å². The molecule has 0 radical (unpaired) electrons. The number of unbranched alkanes of at least 4 members (excludes halogenated alkanes) is 2. The van der Waals surface area contributed by atoms with Crippen LogP contribution < -0.4 is 31.0 Å². The lowest BCUT2D eigenvalue weighted by molar-refractivity contribution is -0.467. The predicted octanol–water partition coefficient (Wildman–Crippen LogP) is 2.78. The van der Waals surface area contributed by atoms with Gasteiger partial charge in [-0.05, 0) is 55.6 Å². The van der Waals surface area contributed by atoms with Crippen molar-refractivity contribution in [3.05, 3.63) is 131 Å². The lowest BCUT2D eigenvalue weighted by atomic mass is 10.00. The number of carbonyl (C=O) groups excluding carboxylic acids is 4. The molecule has 0 aliphatic carbocycles. The number of hydrogen-bond donors (Lipinski definition) is 5. The maximum absolute atomic E-state index is 14.4. The van der Waals surface area contributed by atoms with Crippen molar-refractivity contribution in [3.8, 4) is 5.75 Å². The number of aliphatic hydroxyl groups is 1. The third-order valence-corrected chi connectivity index (χ3v) is 8.55. The fourth-order valence-electron chi connectivity index (χ4n) is 5.89. The average Bonchev–Trinajstić information content (AvgIpc) is 3.26. The van der Waals surface area contributed by atoms with E-state index in [1.807, 2.05) is 36.4 Å². The Morgan fingerprint density at radius 2 is 1.57 bits per heavy atom. The summed E-state index contributed by atoms with van der Waals surface area (Å²) in [6, 6.07) is 29.5. The van der Waals surface area contributed by atoms with Crippen LogP contribution in [0, 0.1) is 0 Å². The van der Waals surface area contributed by atoms with E-state index >= 15 is 0 Å². The van der Waals surface area contributed by atoms with Gasteiger partial charge < -0.3 is 26.2 Å². The highest BCUT2D eigenvalue weighted by Gasteiger charge is 2.41. The van der Waals surface area contributed by atoms with Gasteiger partial charge in [-0.25, -0.2) is 4.99 Å². The maximum atomic E-state index is 14.4. The van der Waals surface area contributed by atoms with Crippen molar-refractivity contribution in [2.45, 2.75) is 50.8 Å². The summed E-state index contributed by atoms with van der Waals surface area (Å²) >= 11 is 0. The molecule has 51 heavy (non-hydrogen) atoms. The van der Waals surface area contributed by atoms with Crippen molar-refractivity contribution in [2.24, 2.45) is 5.73 Å². The first-order chi connectivity index (χ1) is 24.7. The van der Waals surface area contributed by atoms with Gasteiger partial charge >= 0.3 is 5.90 Å². The van der Waals surface area contributed by atoms with Gasteiger partial charge in [0, 0.05) is 17.5 Å². The van der Waals surface area contributed by atoms with Gasteiger partial charge in [0.1, 0.15) is 30.9 Å². The van der Waals surface area contributed by atoms with Crippen LogP contribution in [0.1, 0.15) is 59.3 Å². The van der Waals surface area contributed by atoms with Gasteiger partial charge in [-0.3, -0.25) is 24.1 Å². The van der Waals surface area contributed by atoms with Gasteiger partial charge in [-0.2, -0.15) is 0 Å². The number of benzene rings is 4. The number of fused-ring (bicyclic) bond motifs is 1. The smallest absolute Gasteiger partial charge is 0.352 e. The highest BCUT2D eigenvalue weighted by molar-refractivity contribution is 6.09. The number of anilines is 1. The molecule has 0 fully saturated rings. The number of nitrogens with zero attached hydrogens (tertiary/aromatic N) is 1. The number of carbonyl (C=O) groups is 4. The number of nitrogens with two attached hydrogens (primary N) is 1. The molecule has 3 amide bonds. The third kappa shape index (κ3) is 9.67. The lowest BCUT2D eigenvalue weighted by Gasteiger charge is -2.28. The van der Waals surface area contributed by atoms with Crippen molar-refractivity contribution in [1.82, 2.24) is 10.6 Å². The minimum atomic E-state index is -1.22. The van der Waals surface area contributed by atoms with E-state index in [0.717, 1.165) is 19.3 Å². The van der Waals surface area contributed by atoms with Gasteiger partial charge in [-0.1, -0.05) is 91.0 Å². The largest absolute Gasteiger partial charge is 0.481 e. The Morgan fingerprint density at radius 1 is 0.882 bits per heavy atom. The molecule has 0 saturated carbocycles. The normalized spacial score (nSPS) is 16.3. The third-order valence-electron chi connectivity index (χ3n) is 8.55. The van der Waals surface area contributed by atoms with Crippen molar-refractivity contribution in [1.29, 1.82) is 0 Å². The second-order valence-electron chi connectivity index (χ2n) is 12.4. The summed E-state index contributed by atoms with van der Waals surface area (Å²) in [5, 5.41) is 16.4. The molecule has 0 unspecified atom stereocenters. The molecule has 4 aromatic carbocycles. The molecule has 1 aliphatic heterocycles. The molecule has 11 nitrogen and oxygen atoms in total. The molecule has 4 aromatic rings. The van der Waals surface area contributed by atoms with E-state index in [1.54, 1.807) is 72.8 Å². The zero-order valence-electron chi connectivity index (χ0n) is 28.6. The minimum absolute atomic E-state index is 0.0664. The number of hydrogen-bond acceptors (Lipinski definition) is 6. The van der Waals surface area contributed by atoms with E-state index < -0.39 is 35.9 Å². The fraction of sp³-hybridized carbons (Fsp3) is 0.275. The van der Waals surface area contributed by atoms with Crippen LogP contribution >= 0.6 is 0 Å². The zero-order chi connectivity index (χ0) is 36.2. The van der Waals surface area contributed by atoms with Gasteiger partial charge in [-0.15, -0.1) is 0 Å². The number of para-hydroxylation sites is 2. The Morgan fingerprint density at radius 3 is 2.31 bits per heavy atom.